The Hall–Kier alpha value is -1.99. The smallest absolute Gasteiger partial charge is 0.261 e. The SMILES string of the molecule is CSc1ccc(S(=O)(=O)Nc2c(C)cc(C)cc2C)cc1C(=O)N1CCCC1. The highest BCUT2D eigenvalue weighted by Gasteiger charge is 2.25. The maximum atomic E-state index is 13.0. The molecule has 1 heterocycles. The first-order valence-corrected chi connectivity index (χ1v) is 12.0. The largest absolute Gasteiger partial charge is 0.339 e. The molecule has 0 spiro atoms. The number of thioether (sulfide) groups is 1. The van der Waals surface area contributed by atoms with Crippen LogP contribution in [-0.2, 0) is 10.0 Å². The van der Waals surface area contributed by atoms with Crippen molar-refractivity contribution in [3.63, 3.8) is 0 Å². The fourth-order valence-corrected chi connectivity index (χ4v) is 5.45. The van der Waals surface area contributed by atoms with Crippen molar-refractivity contribution in [2.75, 3.05) is 24.1 Å². The Morgan fingerprint density at radius 2 is 1.64 bits per heavy atom. The third-order valence-electron chi connectivity index (χ3n) is 5.02. The molecule has 7 heteroatoms. The van der Waals surface area contributed by atoms with Crippen LogP contribution in [0, 0.1) is 20.8 Å². The van der Waals surface area contributed by atoms with Gasteiger partial charge in [0.15, 0.2) is 0 Å². The minimum absolute atomic E-state index is 0.0957. The molecule has 150 valence electrons. The zero-order valence-corrected chi connectivity index (χ0v) is 18.3. The van der Waals surface area contributed by atoms with Crippen molar-refractivity contribution in [1.82, 2.24) is 4.90 Å². The van der Waals surface area contributed by atoms with E-state index in [1.165, 1.54) is 17.8 Å². The van der Waals surface area contributed by atoms with E-state index >= 15 is 0 Å². The van der Waals surface area contributed by atoms with Crippen molar-refractivity contribution in [3.8, 4) is 0 Å². The summed E-state index contributed by atoms with van der Waals surface area (Å²) in [7, 11) is -3.81. The quantitative estimate of drug-likeness (QED) is 0.732. The number of hydrogen-bond donors (Lipinski definition) is 1. The van der Waals surface area contributed by atoms with Crippen molar-refractivity contribution in [1.29, 1.82) is 0 Å². The average Bonchev–Trinajstić information content (AvgIpc) is 3.18. The number of benzene rings is 2. The third-order valence-corrected chi connectivity index (χ3v) is 7.16. The summed E-state index contributed by atoms with van der Waals surface area (Å²) in [5, 5.41) is 0. The van der Waals surface area contributed by atoms with Crippen LogP contribution in [0.4, 0.5) is 5.69 Å². The van der Waals surface area contributed by atoms with E-state index < -0.39 is 10.0 Å². The van der Waals surface area contributed by atoms with Gasteiger partial charge in [-0.2, -0.15) is 0 Å². The second kappa shape index (κ2) is 8.17. The standard InChI is InChI=1S/C21H26N2O3S2/c1-14-11-15(2)20(16(3)12-14)22-28(25,26)17-7-8-19(27-4)18(13-17)21(24)23-9-5-6-10-23/h7-8,11-13,22H,5-6,9-10H2,1-4H3. The molecule has 1 saturated heterocycles. The number of nitrogens with zero attached hydrogens (tertiary/aromatic N) is 1. The summed E-state index contributed by atoms with van der Waals surface area (Å²) in [4.78, 5) is 15.6. The molecule has 1 fully saturated rings. The van der Waals surface area contributed by atoms with Crippen molar-refractivity contribution in [2.45, 2.75) is 43.4 Å². The molecule has 3 rings (SSSR count). The molecular weight excluding hydrogens is 392 g/mol. The van der Waals surface area contributed by atoms with Gasteiger partial charge in [-0.3, -0.25) is 9.52 Å². The first-order valence-electron chi connectivity index (χ1n) is 9.31. The molecule has 1 N–H and O–H groups in total. The number of hydrogen-bond acceptors (Lipinski definition) is 4. The average molecular weight is 419 g/mol. The van der Waals surface area contributed by atoms with E-state index in [4.69, 9.17) is 0 Å². The fourth-order valence-electron chi connectivity index (χ4n) is 3.65. The van der Waals surface area contributed by atoms with Crippen LogP contribution >= 0.6 is 11.8 Å². The lowest BCUT2D eigenvalue weighted by Gasteiger charge is -2.19. The number of likely N-dealkylation sites (tertiary alicyclic amines) is 1. The van der Waals surface area contributed by atoms with Crippen LogP contribution in [0.15, 0.2) is 40.1 Å². The number of amides is 1. The highest BCUT2D eigenvalue weighted by Crippen LogP contribution is 2.29. The zero-order chi connectivity index (χ0) is 20.5. The first-order chi connectivity index (χ1) is 13.2. The predicted octanol–water partition coefficient (Wildman–Crippen LogP) is 4.37. The van der Waals surface area contributed by atoms with Gasteiger partial charge >= 0.3 is 0 Å². The second-order valence-corrected chi connectivity index (χ2v) is 9.77. The van der Waals surface area contributed by atoms with Crippen molar-refractivity contribution in [2.24, 2.45) is 0 Å². The van der Waals surface area contributed by atoms with Crippen LogP contribution in [0.5, 0.6) is 0 Å². The van der Waals surface area contributed by atoms with E-state index in [2.05, 4.69) is 4.72 Å². The predicted molar refractivity (Wildman–Crippen MR) is 115 cm³/mol. The Morgan fingerprint density at radius 1 is 1.04 bits per heavy atom. The Bertz CT molecular complexity index is 987. The third kappa shape index (κ3) is 4.20. The summed E-state index contributed by atoms with van der Waals surface area (Å²) in [6, 6.07) is 8.69. The number of sulfonamides is 1. The van der Waals surface area contributed by atoms with Gasteiger partial charge in [-0.05, 0) is 69.2 Å². The summed E-state index contributed by atoms with van der Waals surface area (Å²) >= 11 is 1.45. The Kier molecular flexibility index (Phi) is 6.05. The normalized spacial score (nSPS) is 14.4. The monoisotopic (exact) mass is 418 g/mol. The first kappa shape index (κ1) is 20.7. The van der Waals surface area contributed by atoms with Gasteiger partial charge in [0.05, 0.1) is 16.1 Å². The topological polar surface area (TPSA) is 66.5 Å². The van der Waals surface area contributed by atoms with Crippen LogP contribution in [-0.4, -0.2) is 38.6 Å². The molecule has 1 aliphatic rings. The lowest BCUT2D eigenvalue weighted by atomic mass is 10.1. The summed E-state index contributed by atoms with van der Waals surface area (Å²) in [6.07, 6.45) is 3.87. The van der Waals surface area contributed by atoms with Gasteiger partial charge in [0.2, 0.25) is 0 Å². The van der Waals surface area contributed by atoms with E-state index in [-0.39, 0.29) is 10.8 Å². The van der Waals surface area contributed by atoms with Crippen LogP contribution in [0.3, 0.4) is 0 Å². The van der Waals surface area contributed by atoms with Crippen molar-refractivity contribution < 1.29 is 13.2 Å². The molecule has 1 amide bonds. The molecule has 5 nitrogen and oxygen atoms in total. The molecular formula is C21H26N2O3S2. The number of nitrogens with one attached hydrogen (secondary N) is 1. The van der Waals surface area contributed by atoms with Gasteiger partial charge in [-0.1, -0.05) is 17.7 Å². The summed E-state index contributed by atoms with van der Waals surface area (Å²) in [5.74, 6) is -0.0957. The Labute approximate surface area is 171 Å². The van der Waals surface area contributed by atoms with E-state index in [1.807, 2.05) is 39.2 Å². The molecule has 0 saturated carbocycles. The maximum Gasteiger partial charge on any atom is 0.261 e. The summed E-state index contributed by atoms with van der Waals surface area (Å²) < 4.78 is 28.8. The zero-order valence-electron chi connectivity index (χ0n) is 16.7. The molecule has 0 atom stereocenters. The number of carbonyl (C=O) groups is 1. The molecule has 1 aliphatic heterocycles. The van der Waals surface area contributed by atoms with Crippen molar-refractivity contribution in [3.05, 3.63) is 52.6 Å². The summed E-state index contributed by atoms with van der Waals surface area (Å²) in [6.45, 7) is 7.21. The minimum Gasteiger partial charge on any atom is -0.339 e. The lowest BCUT2D eigenvalue weighted by Crippen LogP contribution is -2.28. The van der Waals surface area contributed by atoms with E-state index in [9.17, 15) is 13.2 Å². The molecule has 0 bridgehead atoms. The van der Waals surface area contributed by atoms with E-state index in [1.54, 1.807) is 17.0 Å². The summed E-state index contributed by atoms with van der Waals surface area (Å²) in [5.41, 5.74) is 3.87. The van der Waals surface area contributed by atoms with E-state index in [0.717, 1.165) is 47.5 Å². The van der Waals surface area contributed by atoms with Crippen LogP contribution in [0.25, 0.3) is 0 Å². The molecule has 0 unspecified atom stereocenters. The fraction of sp³-hybridized carbons (Fsp3) is 0.381. The number of carbonyl (C=O) groups excluding carboxylic acids is 1. The minimum atomic E-state index is -3.81. The molecule has 2 aromatic rings. The van der Waals surface area contributed by atoms with Gasteiger partial charge in [-0.15, -0.1) is 11.8 Å². The van der Waals surface area contributed by atoms with Gasteiger partial charge in [0, 0.05) is 18.0 Å². The van der Waals surface area contributed by atoms with Crippen molar-refractivity contribution >= 4 is 33.4 Å². The lowest BCUT2D eigenvalue weighted by molar-refractivity contribution is 0.0789. The van der Waals surface area contributed by atoms with Gasteiger partial charge in [0.1, 0.15) is 0 Å². The molecule has 28 heavy (non-hydrogen) atoms. The number of rotatable bonds is 5. The Balaban J connectivity index is 1.98. The van der Waals surface area contributed by atoms with Gasteiger partial charge < -0.3 is 4.90 Å². The van der Waals surface area contributed by atoms with Crippen LogP contribution in [0.2, 0.25) is 0 Å². The second-order valence-electron chi connectivity index (χ2n) is 7.24. The molecule has 2 aromatic carbocycles. The Morgan fingerprint density at radius 3 is 2.21 bits per heavy atom. The number of anilines is 1. The molecule has 0 aromatic heterocycles. The van der Waals surface area contributed by atoms with Crippen LogP contribution < -0.4 is 4.72 Å². The highest BCUT2D eigenvalue weighted by molar-refractivity contribution is 7.98. The highest BCUT2D eigenvalue weighted by atomic mass is 32.2. The molecule has 0 aliphatic carbocycles. The maximum absolute atomic E-state index is 13.0. The van der Waals surface area contributed by atoms with Gasteiger partial charge in [0.25, 0.3) is 15.9 Å². The molecule has 0 radical (unpaired) electrons. The number of aryl methyl sites for hydroxylation is 3. The van der Waals surface area contributed by atoms with Gasteiger partial charge in [-0.25, -0.2) is 8.42 Å². The van der Waals surface area contributed by atoms with E-state index in [0.29, 0.717) is 11.3 Å². The van der Waals surface area contributed by atoms with Crippen LogP contribution in [0.1, 0.15) is 39.9 Å².